The number of azide groups is 1. The Bertz CT molecular complexity index is 628. The average Bonchev–Trinajstić information content (AvgIpc) is 2.45. The average molecular weight is 289 g/mol. The highest BCUT2D eigenvalue weighted by Gasteiger charge is 2.30. The van der Waals surface area contributed by atoms with Crippen molar-refractivity contribution in [3.63, 3.8) is 0 Å². The van der Waals surface area contributed by atoms with Gasteiger partial charge in [-0.1, -0.05) is 23.3 Å². The first-order valence-corrected chi connectivity index (χ1v) is 5.54. The fraction of sp³-hybridized carbons (Fsp3) is 0.200. The summed E-state index contributed by atoms with van der Waals surface area (Å²) in [5, 5.41) is 3.26. The van der Waals surface area contributed by atoms with E-state index in [1.165, 1.54) is 6.07 Å². The van der Waals surface area contributed by atoms with E-state index in [1.54, 1.807) is 6.07 Å². The van der Waals surface area contributed by atoms with Gasteiger partial charge in [0.15, 0.2) is 0 Å². The molecule has 1 rings (SSSR count). The lowest BCUT2D eigenvalue weighted by Gasteiger charge is -2.07. The molecule has 1 aromatic carbocycles. The van der Waals surface area contributed by atoms with Gasteiger partial charge >= 0.3 is 6.18 Å². The van der Waals surface area contributed by atoms with Gasteiger partial charge in [0, 0.05) is 11.5 Å². The van der Waals surface area contributed by atoms with E-state index < -0.39 is 11.7 Å². The number of hydrogen-bond donors (Lipinski definition) is 0. The quantitative estimate of drug-likeness (QED) is 0.351. The lowest BCUT2D eigenvalue weighted by atomic mass is 10.1. The molecule has 106 valence electrons. The Morgan fingerprint density at radius 3 is 2.29 bits per heavy atom. The molecule has 0 fully saturated rings. The van der Waals surface area contributed by atoms with Gasteiger partial charge in [-0.25, -0.2) is 0 Å². The van der Waals surface area contributed by atoms with Gasteiger partial charge in [-0.05, 0) is 47.3 Å². The highest BCUT2D eigenvalue weighted by Crippen LogP contribution is 2.29. The fourth-order valence-corrected chi connectivity index (χ4v) is 1.20. The first-order valence-electron chi connectivity index (χ1n) is 5.54. The van der Waals surface area contributed by atoms with Crippen LogP contribution in [0.1, 0.15) is 11.1 Å². The van der Waals surface area contributed by atoms with Crippen LogP contribution in [-0.2, 0) is 12.6 Å². The Morgan fingerprint density at radius 1 is 1.19 bits per heavy atom. The number of rotatable bonds is 3. The van der Waals surface area contributed by atoms with E-state index in [4.69, 9.17) is 18.4 Å². The molecule has 0 amide bonds. The smallest absolute Gasteiger partial charge is 0.166 e. The largest absolute Gasteiger partial charge is 0.416 e. The second-order valence-electron chi connectivity index (χ2n) is 3.44. The Balaban J connectivity index is 0.000000567. The van der Waals surface area contributed by atoms with Crippen molar-refractivity contribution < 1.29 is 13.2 Å². The molecule has 0 N–H and O–H groups in total. The highest BCUT2D eigenvalue weighted by atomic mass is 19.4. The predicted octanol–water partition coefficient (Wildman–Crippen LogP) is 3.81. The van der Waals surface area contributed by atoms with Crippen LogP contribution in [0.3, 0.4) is 0 Å². The van der Waals surface area contributed by atoms with E-state index in [-0.39, 0.29) is 6.54 Å². The lowest BCUT2D eigenvalue weighted by Crippen LogP contribution is -2.05. The van der Waals surface area contributed by atoms with Gasteiger partial charge in [-0.15, -0.1) is 12.8 Å². The van der Waals surface area contributed by atoms with E-state index in [9.17, 15) is 13.2 Å². The minimum absolute atomic E-state index is 0.164. The minimum Gasteiger partial charge on any atom is -0.166 e. The molecule has 0 heterocycles. The molecule has 21 heavy (non-hydrogen) atoms. The molecule has 3 nitrogen and oxygen atoms in total. The highest BCUT2D eigenvalue weighted by molar-refractivity contribution is 5.31. The fourth-order valence-electron chi connectivity index (χ4n) is 1.20. The van der Waals surface area contributed by atoms with Crippen LogP contribution in [0.4, 0.5) is 13.2 Å². The van der Waals surface area contributed by atoms with Crippen LogP contribution in [0.2, 0.25) is 0 Å². The lowest BCUT2D eigenvalue weighted by molar-refractivity contribution is -0.137. The monoisotopic (exact) mass is 289 g/mol. The zero-order valence-electron chi connectivity index (χ0n) is 10.9. The molecule has 0 aliphatic heterocycles. The molecule has 0 saturated heterocycles. The molecule has 0 bridgehead atoms. The number of halogens is 3. The van der Waals surface area contributed by atoms with Crippen LogP contribution >= 0.6 is 0 Å². The summed E-state index contributed by atoms with van der Waals surface area (Å²) in [5.74, 6) is 8.61. The molecule has 0 unspecified atom stereocenters. The Hall–Kier alpha value is -3.00. The maximum absolute atomic E-state index is 12.3. The summed E-state index contributed by atoms with van der Waals surface area (Å²) in [5.41, 5.74) is 7.84. The summed E-state index contributed by atoms with van der Waals surface area (Å²) < 4.78 is 36.8. The normalized spacial score (nSPS) is 8.62. The van der Waals surface area contributed by atoms with Gasteiger partial charge in [0.2, 0.25) is 0 Å². The van der Waals surface area contributed by atoms with E-state index in [0.29, 0.717) is 12.0 Å². The Labute approximate surface area is 120 Å². The third-order valence-corrected chi connectivity index (χ3v) is 2.02. The second kappa shape index (κ2) is 9.87. The van der Waals surface area contributed by atoms with Crippen LogP contribution in [0.15, 0.2) is 29.4 Å². The van der Waals surface area contributed by atoms with Crippen molar-refractivity contribution in [1.29, 1.82) is 0 Å². The molecule has 0 radical (unpaired) electrons. The zero-order chi connectivity index (χ0) is 16.1. The van der Waals surface area contributed by atoms with E-state index in [0.717, 1.165) is 12.1 Å². The maximum Gasteiger partial charge on any atom is 0.416 e. The number of hydrogen-bond acceptors (Lipinski definition) is 1. The topological polar surface area (TPSA) is 48.8 Å². The molecule has 1 aromatic rings. The van der Waals surface area contributed by atoms with Gasteiger partial charge in [-0.3, -0.25) is 0 Å². The number of terminal acetylenes is 2. The molecule has 0 aromatic heterocycles. The zero-order valence-corrected chi connectivity index (χ0v) is 10.9. The van der Waals surface area contributed by atoms with E-state index in [2.05, 4.69) is 33.7 Å². The molecule has 0 atom stereocenters. The van der Waals surface area contributed by atoms with Gasteiger partial charge < -0.3 is 0 Å². The second-order valence-corrected chi connectivity index (χ2v) is 3.44. The van der Waals surface area contributed by atoms with Gasteiger partial charge in [0.1, 0.15) is 0 Å². The Kier molecular flexibility index (Phi) is 8.46. The van der Waals surface area contributed by atoms with Crippen LogP contribution in [0.5, 0.6) is 0 Å². The molecular weight excluding hydrogens is 279 g/mol. The summed E-state index contributed by atoms with van der Waals surface area (Å²) in [6.45, 7) is 0.164. The van der Waals surface area contributed by atoms with Crippen LogP contribution < -0.4 is 0 Å². The number of alkyl halides is 3. The minimum atomic E-state index is -4.32. The molecule has 6 heteroatoms. The predicted molar refractivity (Wildman–Crippen MR) is 74.6 cm³/mol. The summed E-state index contributed by atoms with van der Waals surface area (Å²) in [4.78, 5) is 2.52. The van der Waals surface area contributed by atoms with Gasteiger partial charge in [0.25, 0.3) is 0 Å². The van der Waals surface area contributed by atoms with Crippen molar-refractivity contribution in [2.24, 2.45) is 5.11 Å². The molecule has 0 saturated carbocycles. The molecular formula is C15H10F3N3. The summed E-state index contributed by atoms with van der Waals surface area (Å²) in [7, 11) is 0. The first-order chi connectivity index (χ1) is 9.95. The molecule has 0 aliphatic rings. The van der Waals surface area contributed by atoms with Crippen molar-refractivity contribution in [1.82, 2.24) is 0 Å². The van der Waals surface area contributed by atoms with Crippen molar-refractivity contribution in [2.75, 3.05) is 6.54 Å². The third kappa shape index (κ3) is 8.67. The standard InChI is InChI=1S/C9H8F3N3.C6H2/c10-9(11,12)8-3-1-2-7(6-8)4-5-14-15-13;1-3-5-6-4-2/h1-3,6H,4-5H2;1-2H. The van der Waals surface area contributed by atoms with Gasteiger partial charge in [0.05, 0.1) is 5.56 Å². The first kappa shape index (κ1) is 18.0. The molecule has 0 spiro atoms. The van der Waals surface area contributed by atoms with Crippen LogP contribution in [-0.4, -0.2) is 6.54 Å². The summed E-state index contributed by atoms with van der Waals surface area (Å²) in [6, 6.07) is 4.99. The van der Waals surface area contributed by atoms with Crippen molar-refractivity contribution >= 4 is 0 Å². The van der Waals surface area contributed by atoms with Gasteiger partial charge in [-0.2, -0.15) is 13.2 Å². The summed E-state index contributed by atoms with van der Waals surface area (Å²) in [6.07, 6.45) is 5.38. The maximum atomic E-state index is 12.3. The van der Waals surface area contributed by atoms with Crippen molar-refractivity contribution in [2.45, 2.75) is 12.6 Å². The summed E-state index contributed by atoms with van der Waals surface area (Å²) >= 11 is 0. The van der Waals surface area contributed by atoms with Crippen LogP contribution in [0.25, 0.3) is 10.4 Å². The van der Waals surface area contributed by atoms with Crippen molar-refractivity contribution in [3.8, 4) is 36.5 Å². The van der Waals surface area contributed by atoms with E-state index >= 15 is 0 Å². The molecule has 0 aliphatic carbocycles. The Morgan fingerprint density at radius 2 is 1.81 bits per heavy atom. The van der Waals surface area contributed by atoms with Crippen molar-refractivity contribution in [3.05, 3.63) is 45.8 Å². The van der Waals surface area contributed by atoms with E-state index in [1.807, 2.05) is 0 Å². The van der Waals surface area contributed by atoms with Crippen LogP contribution in [0, 0.1) is 36.5 Å². The number of nitrogens with zero attached hydrogens (tertiary/aromatic N) is 3. The number of benzene rings is 1. The SMILES string of the molecule is C#CC#CC#C.[N-]=[N+]=NCCc1cccc(C(F)(F)F)c1. The third-order valence-electron chi connectivity index (χ3n) is 2.02.